The molecular weight excluding hydrogens is 397 g/mol. The SMILES string of the molecule is Cc1ccc(NC(=O)[C@@H](C)Sc2nnc([C@H]3COc4ccccc4O3)o2)cc1F. The highest BCUT2D eigenvalue weighted by Crippen LogP contribution is 2.36. The van der Waals surface area contributed by atoms with Crippen molar-refractivity contribution in [3.8, 4) is 11.5 Å². The third-order valence-corrected chi connectivity index (χ3v) is 5.23. The van der Waals surface area contributed by atoms with Crippen LogP contribution in [0.25, 0.3) is 0 Å². The summed E-state index contributed by atoms with van der Waals surface area (Å²) >= 11 is 1.11. The van der Waals surface area contributed by atoms with Crippen molar-refractivity contribution in [3.05, 3.63) is 59.7 Å². The largest absolute Gasteiger partial charge is 0.485 e. The number of aryl methyl sites for hydroxylation is 1. The highest BCUT2D eigenvalue weighted by molar-refractivity contribution is 8.00. The van der Waals surface area contributed by atoms with Crippen LogP contribution in [0.5, 0.6) is 11.5 Å². The van der Waals surface area contributed by atoms with Crippen LogP contribution in [0, 0.1) is 12.7 Å². The van der Waals surface area contributed by atoms with E-state index in [4.69, 9.17) is 13.9 Å². The van der Waals surface area contributed by atoms with Crippen molar-refractivity contribution in [1.82, 2.24) is 10.2 Å². The van der Waals surface area contributed by atoms with Crippen molar-refractivity contribution in [2.24, 2.45) is 0 Å². The van der Waals surface area contributed by atoms with Crippen molar-refractivity contribution in [2.75, 3.05) is 11.9 Å². The number of benzene rings is 2. The van der Waals surface area contributed by atoms with Crippen LogP contribution in [0.1, 0.15) is 24.5 Å². The standard InChI is InChI=1S/C20H18FN3O4S/c1-11-7-8-13(9-14(11)21)22-18(25)12(2)29-20-24-23-19(28-20)17-10-26-15-5-3-4-6-16(15)27-17/h3-9,12,17H,10H2,1-2H3,(H,22,25)/t12-,17-/m1/s1. The molecule has 29 heavy (non-hydrogen) atoms. The van der Waals surface area contributed by atoms with Gasteiger partial charge in [-0.3, -0.25) is 4.79 Å². The first-order chi connectivity index (χ1) is 14.0. The summed E-state index contributed by atoms with van der Waals surface area (Å²) in [6.45, 7) is 3.61. The van der Waals surface area contributed by atoms with Gasteiger partial charge in [-0.15, -0.1) is 10.2 Å². The summed E-state index contributed by atoms with van der Waals surface area (Å²) in [5.74, 6) is 0.866. The third-order valence-electron chi connectivity index (χ3n) is 4.29. The van der Waals surface area contributed by atoms with E-state index in [1.54, 1.807) is 32.0 Å². The summed E-state index contributed by atoms with van der Waals surface area (Å²) in [6.07, 6.45) is -0.522. The molecule has 9 heteroatoms. The van der Waals surface area contributed by atoms with Crippen molar-refractivity contribution in [2.45, 2.75) is 30.4 Å². The smallest absolute Gasteiger partial charge is 0.277 e. The molecule has 4 rings (SSSR count). The molecule has 2 aromatic carbocycles. The van der Waals surface area contributed by atoms with E-state index in [2.05, 4.69) is 15.5 Å². The number of halogens is 1. The second kappa shape index (κ2) is 8.12. The van der Waals surface area contributed by atoms with E-state index in [0.717, 1.165) is 11.8 Å². The maximum absolute atomic E-state index is 13.6. The first-order valence-corrected chi connectivity index (χ1v) is 9.83. The fourth-order valence-corrected chi connectivity index (χ4v) is 3.35. The topological polar surface area (TPSA) is 86.5 Å². The Balaban J connectivity index is 1.37. The van der Waals surface area contributed by atoms with Gasteiger partial charge >= 0.3 is 0 Å². The fraction of sp³-hybridized carbons (Fsp3) is 0.250. The molecule has 7 nitrogen and oxygen atoms in total. The number of para-hydroxylation sites is 2. The first kappa shape index (κ1) is 19.3. The number of thioether (sulfide) groups is 1. The zero-order valence-corrected chi connectivity index (χ0v) is 16.5. The van der Waals surface area contributed by atoms with E-state index in [1.807, 2.05) is 18.2 Å². The minimum Gasteiger partial charge on any atom is -0.485 e. The monoisotopic (exact) mass is 415 g/mol. The van der Waals surface area contributed by atoms with Gasteiger partial charge in [-0.1, -0.05) is 30.0 Å². The second-order valence-corrected chi connectivity index (χ2v) is 7.78. The Kier molecular flexibility index (Phi) is 5.39. The molecule has 150 valence electrons. The molecule has 0 spiro atoms. The number of amides is 1. The Morgan fingerprint density at radius 2 is 2.03 bits per heavy atom. The number of aromatic nitrogens is 2. The Hall–Kier alpha value is -3.07. The molecule has 2 heterocycles. The minimum absolute atomic E-state index is 0.236. The number of hydrogen-bond donors (Lipinski definition) is 1. The van der Waals surface area contributed by atoms with Gasteiger partial charge in [0.25, 0.3) is 11.1 Å². The summed E-state index contributed by atoms with van der Waals surface area (Å²) in [4.78, 5) is 12.4. The van der Waals surface area contributed by atoms with Gasteiger partial charge in [0, 0.05) is 5.69 Å². The van der Waals surface area contributed by atoms with Gasteiger partial charge in [-0.2, -0.15) is 0 Å². The summed E-state index contributed by atoms with van der Waals surface area (Å²) in [6, 6.07) is 11.9. The van der Waals surface area contributed by atoms with Gasteiger partial charge in [-0.25, -0.2) is 4.39 Å². The molecule has 0 bridgehead atoms. The first-order valence-electron chi connectivity index (χ1n) is 8.95. The minimum atomic E-state index is -0.531. The molecule has 0 fully saturated rings. The van der Waals surface area contributed by atoms with Crippen LogP contribution in [0.15, 0.2) is 52.1 Å². The van der Waals surface area contributed by atoms with Gasteiger partial charge in [-0.05, 0) is 43.7 Å². The van der Waals surface area contributed by atoms with Crippen LogP contribution in [0.3, 0.4) is 0 Å². The van der Waals surface area contributed by atoms with Crippen LogP contribution >= 0.6 is 11.8 Å². The molecule has 3 aromatic rings. The van der Waals surface area contributed by atoms with Crippen LogP contribution in [0.2, 0.25) is 0 Å². The molecule has 1 aliphatic rings. The Morgan fingerprint density at radius 1 is 1.24 bits per heavy atom. The van der Waals surface area contributed by atoms with Gasteiger partial charge in [0.05, 0.1) is 5.25 Å². The summed E-state index contributed by atoms with van der Waals surface area (Å²) in [5, 5.41) is 10.4. The number of hydrogen-bond acceptors (Lipinski definition) is 7. The molecule has 0 saturated heterocycles. The maximum Gasteiger partial charge on any atom is 0.277 e. The number of nitrogens with one attached hydrogen (secondary N) is 1. The van der Waals surface area contributed by atoms with E-state index in [1.165, 1.54) is 6.07 Å². The predicted molar refractivity (Wildman–Crippen MR) is 105 cm³/mol. The number of carbonyl (C=O) groups is 1. The van der Waals surface area contributed by atoms with Crippen LogP contribution in [-0.2, 0) is 4.79 Å². The van der Waals surface area contributed by atoms with Gasteiger partial charge in [0.2, 0.25) is 12.0 Å². The van der Waals surface area contributed by atoms with Gasteiger partial charge in [0.15, 0.2) is 11.5 Å². The molecule has 2 atom stereocenters. The van der Waals surface area contributed by atoms with E-state index in [-0.39, 0.29) is 29.4 Å². The van der Waals surface area contributed by atoms with Crippen LogP contribution in [0.4, 0.5) is 10.1 Å². The van der Waals surface area contributed by atoms with E-state index >= 15 is 0 Å². The van der Waals surface area contributed by atoms with Crippen molar-refractivity contribution in [1.29, 1.82) is 0 Å². The average Bonchev–Trinajstić information content (AvgIpc) is 3.19. The van der Waals surface area contributed by atoms with Crippen molar-refractivity contribution < 1.29 is 23.1 Å². The number of ether oxygens (including phenoxy) is 2. The molecule has 0 unspecified atom stereocenters. The predicted octanol–water partition coefficient (Wildman–Crippen LogP) is 4.15. The number of anilines is 1. The Bertz CT molecular complexity index is 1040. The molecule has 1 N–H and O–H groups in total. The molecular formula is C20H18FN3O4S. The second-order valence-electron chi connectivity index (χ2n) is 6.48. The van der Waals surface area contributed by atoms with Crippen molar-refractivity contribution in [3.63, 3.8) is 0 Å². The lowest BCUT2D eigenvalue weighted by Crippen LogP contribution is -2.22. The summed E-state index contributed by atoms with van der Waals surface area (Å²) in [7, 11) is 0. The van der Waals surface area contributed by atoms with Crippen LogP contribution < -0.4 is 14.8 Å². The quantitative estimate of drug-likeness (QED) is 0.627. The maximum atomic E-state index is 13.6. The van der Waals surface area contributed by atoms with Crippen molar-refractivity contribution >= 4 is 23.4 Å². The van der Waals surface area contributed by atoms with E-state index in [9.17, 15) is 9.18 Å². The van der Waals surface area contributed by atoms with Crippen LogP contribution in [-0.4, -0.2) is 28.0 Å². The highest BCUT2D eigenvalue weighted by Gasteiger charge is 2.28. The molecule has 0 aliphatic carbocycles. The molecule has 0 saturated carbocycles. The number of rotatable bonds is 5. The lowest BCUT2D eigenvalue weighted by molar-refractivity contribution is -0.115. The summed E-state index contributed by atoms with van der Waals surface area (Å²) < 4.78 is 30.8. The zero-order valence-electron chi connectivity index (χ0n) is 15.7. The van der Waals surface area contributed by atoms with Gasteiger partial charge in [0.1, 0.15) is 12.4 Å². The lowest BCUT2D eigenvalue weighted by atomic mass is 10.2. The summed E-state index contributed by atoms with van der Waals surface area (Å²) in [5.41, 5.74) is 0.906. The number of carbonyl (C=O) groups excluding carboxylic acids is 1. The number of nitrogens with zero attached hydrogens (tertiary/aromatic N) is 2. The Labute approximate surface area is 170 Å². The fourth-order valence-electron chi connectivity index (χ4n) is 2.66. The highest BCUT2D eigenvalue weighted by atomic mass is 32.2. The lowest BCUT2D eigenvalue weighted by Gasteiger charge is -2.23. The average molecular weight is 415 g/mol. The Morgan fingerprint density at radius 3 is 2.83 bits per heavy atom. The van der Waals surface area contributed by atoms with E-state index in [0.29, 0.717) is 22.7 Å². The third kappa shape index (κ3) is 4.34. The van der Waals surface area contributed by atoms with E-state index < -0.39 is 11.4 Å². The zero-order chi connectivity index (χ0) is 20.4. The normalized spacial score (nSPS) is 16.3. The molecule has 1 aliphatic heterocycles. The number of fused-ring (bicyclic) bond motifs is 1. The molecule has 1 aromatic heterocycles. The van der Waals surface area contributed by atoms with Gasteiger partial charge < -0.3 is 19.2 Å². The molecule has 0 radical (unpaired) electrons. The molecule has 1 amide bonds.